The highest BCUT2D eigenvalue weighted by Crippen LogP contribution is 2.11. The number of hydrogen-bond donors (Lipinski definition) is 2. The van der Waals surface area contributed by atoms with Gasteiger partial charge in [-0.25, -0.2) is 8.42 Å². The Kier molecular flexibility index (Phi) is 3.60. The molecule has 6 heteroatoms. The molecular weight excluding hydrogens is 216 g/mol. The zero-order valence-electron chi connectivity index (χ0n) is 8.74. The zero-order chi connectivity index (χ0) is 10.7. The molecule has 0 aromatic carbocycles. The third kappa shape index (κ3) is 3.41. The van der Waals surface area contributed by atoms with E-state index in [1.807, 2.05) is 0 Å². The molecule has 2 N–H and O–H groups in total. The first-order valence-electron chi connectivity index (χ1n) is 5.41. The normalized spacial score (nSPS) is 35.5. The van der Waals surface area contributed by atoms with Gasteiger partial charge in [0.15, 0.2) is 9.84 Å². The van der Waals surface area contributed by atoms with Gasteiger partial charge in [-0.3, -0.25) is 0 Å². The number of nitrogens with one attached hydrogen (secondary N) is 2. The molecule has 0 amide bonds. The second-order valence-corrected chi connectivity index (χ2v) is 6.46. The average Bonchev–Trinajstić information content (AvgIpc) is 2.57. The molecule has 2 atom stereocenters. The van der Waals surface area contributed by atoms with Gasteiger partial charge in [-0.1, -0.05) is 0 Å². The van der Waals surface area contributed by atoms with E-state index in [0.29, 0.717) is 24.2 Å². The van der Waals surface area contributed by atoms with E-state index in [1.165, 1.54) is 0 Å². The second kappa shape index (κ2) is 4.78. The van der Waals surface area contributed by atoms with Gasteiger partial charge >= 0.3 is 0 Å². The van der Waals surface area contributed by atoms with Crippen LogP contribution >= 0.6 is 0 Å². The summed E-state index contributed by atoms with van der Waals surface area (Å²) < 4.78 is 27.7. The van der Waals surface area contributed by atoms with Gasteiger partial charge in [-0.15, -0.1) is 0 Å². The van der Waals surface area contributed by atoms with Crippen molar-refractivity contribution in [2.75, 3.05) is 37.8 Å². The molecule has 0 aliphatic carbocycles. The van der Waals surface area contributed by atoms with Crippen LogP contribution in [0.1, 0.15) is 6.42 Å². The second-order valence-electron chi connectivity index (χ2n) is 4.23. The minimum Gasteiger partial charge on any atom is -0.378 e. The smallest absolute Gasteiger partial charge is 0.151 e. The van der Waals surface area contributed by atoms with E-state index in [2.05, 4.69) is 10.6 Å². The lowest BCUT2D eigenvalue weighted by atomic mass is 10.2. The first-order chi connectivity index (χ1) is 7.16. The van der Waals surface area contributed by atoms with E-state index in [0.717, 1.165) is 26.1 Å². The van der Waals surface area contributed by atoms with Crippen LogP contribution in [0.25, 0.3) is 0 Å². The molecular formula is C9H18N2O3S. The van der Waals surface area contributed by atoms with Crippen LogP contribution in [0, 0.1) is 0 Å². The van der Waals surface area contributed by atoms with E-state index in [9.17, 15) is 8.42 Å². The largest absolute Gasteiger partial charge is 0.378 e. The maximum absolute atomic E-state index is 11.2. The quantitative estimate of drug-likeness (QED) is 0.639. The molecule has 2 fully saturated rings. The minimum atomic E-state index is -2.76. The molecule has 2 aliphatic heterocycles. The first-order valence-corrected chi connectivity index (χ1v) is 7.23. The molecule has 2 rings (SSSR count). The SMILES string of the molecule is O=S1(=O)CCC(NCC2COCCN2)C1. The summed E-state index contributed by atoms with van der Waals surface area (Å²) in [7, 11) is -2.76. The fourth-order valence-corrected chi connectivity index (χ4v) is 3.72. The molecule has 2 heterocycles. The number of ether oxygens (including phenoxy) is 1. The predicted molar refractivity (Wildman–Crippen MR) is 57.7 cm³/mol. The van der Waals surface area contributed by atoms with Crippen molar-refractivity contribution in [3.63, 3.8) is 0 Å². The topological polar surface area (TPSA) is 67.4 Å². The molecule has 0 aromatic rings. The van der Waals surface area contributed by atoms with E-state index < -0.39 is 9.84 Å². The number of hydrogen-bond acceptors (Lipinski definition) is 5. The highest BCUT2D eigenvalue weighted by molar-refractivity contribution is 7.91. The fourth-order valence-electron chi connectivity index (χ4n) is 2.02. The van der Waals surface area contributed by atoms with E-state index >= 15 is 0 Å². The Morgan fingerprint density at radius 3 is 2.93 bits per heavy atom. The summed E-state index contributed by atoms with van der Waals surface area (Å²) >= 11 is 0. The highest BCUT2D eigenvalue weighted by Gasteiger charge is 2.28. The lowest BCUT2D eigenvalue weighted by molar-refractivity contribution is 0.0760. The van der Waals surface area contributed by atoms with Gasteiger partial charge < -0.3 is 15.4 Å². The molecule has 88 valence electrons. The van der Waals surface area contributed by atoms with Crippen molar-refractivity contribution in [1.29, 1.82) is 0 Å². The van der Waals surface area contributed by atoms with Gasteiger partial charge in [0.05, 0.1) is 24.7 Å². The van der Waals surface area contributed by atoms with Crippen LogP contribution < -0.4 is 10.6 Å². The Morgan fingerprint density at radius 1 is 1.47 bits per heavy atom. The highest BCUT2D eigenvalue weighted by atomic mass is 32.2. The van der Waals surface area contributed by atoms with Crippen LogP contribution in [0.4, 0.5) is 0 Å². The molecule has 0 radical (unpaired) electrons. The van der Waals surface area contributed by atoms with Crippen molar-refractivity contribution >= 4 is 9.84 Å². The zero-order valence-corrected chi connectivity index (χ0v) is 9.55. The van der Waals surface area contributed by atoms with E-state index in [-0.39, 0.29) is 6.04 Å². The summed E-state index contributed by atoms with van der Waals surface area (Å²) in [4.78, 5) is 0. The average molecular weight is 234 g/mol. The van der Waals surface area contributed by atoms with Crippen LogP contribution in [0.15, 0.2) is 0 Å². The van der Waals surface area contributed by atoms with Gasteiger partial charge in [0.25, 0.3) is 0 Å². The third-order valence-electron chi connectivity index (χ3n) is 2.88. The molecule has 2 saturated heterocycles. The summed E-state index contributed by atoms with van der Waals surface area (Å²) in [5, 5.41) is 6.61. The molecule has 2 unspecified atom stereocenters. The monoisotopic (exact) mass is 234 g/mol. The van der Waals surface area contributed by atoms with Crippen molar-refractivity contribution in [2.24, 2.45) is 0 Å². The van der Waals surface area contributed by atoms with Gasteiger partial charge in [0.1, 0.15) is 0 Å². The van der Waals surface area contributed by atoms with Crippen molar-refractivity contribution in [2.45, 2.75) is 18.5 Å². The minimum absolute atomic E-state index is 0.138. The fraction of sp³-hybridized carbons (Fsp3) is 1.00. The number of morpholine rings is 1. The summed E-state index contributed by atoms with van der Waals surface area (Å²) in [6.45, 7) is 3.16. The van der Waals surface area contributed by atoms with Crippen molar-refractivity contribution in [3.8, 4) is 0 Å². The molecule has 15 heavy (non-hydrogen) atoms. The number of sulfone groups is 1. The first kappa shape index (κ1) is 11.3. The Balaban J connectivity index is 1.70. The summed E-state index contributed by atoms with van der Waals surface area (Å²) in [6, 6.07) is 0.459. The molecule has 0 aromatic heterocycles. The summed E-state index contributed by atoms with van der Waals surface area (Å²) in [5.74, 6) is 0.625. The van der Waals surface area contributed by atoms with Gasteiger partial charge in [-0.2, -0.15) is 0 Å². The number of rotatable bonds is 3. The lowest BCUT2D eigenvalue weighted by Crippen LogP contribution is -2.49. The standard InChI is InChI=1S/C9H18N2O3S/c12-15(13)4-1-8(7-15)11-5-9-6-14-3-2-10-9/h8-11H,1-7H2. The van der Waals surface area contributed by atoms with E-state index in [4.69, 9.17) is 4.74 Å². The van der Waals surface area contributed by atoms with Crippen LogP contribution in [0.3, 0.4) is 0 Å². The van der Waals surface area contributed by atoms with Gasteiger partial charge in [-0.05, 0) is 6.42 Å². The maximum Gasteiger partial charge on any atom is 0.151 e. The Labute approximate surface area is 90.5 Å². The van der Waals surface area contributed by atoms with Gasteiger partial charge in [0, 0.05) is 25.2 Å². The molecule has 0 spiro atoms. The molecule has 5 nitrogen and oxygen atoms in total. The predicted octanol–water partition coefficient (Wildman–Crippen LogP) is -1.25. The molecule has 2 aliphatic rings. The molecule has 0 bridgehead atoms. The third-order valence-corrected chi connectivity index (χ3v) is 4.65. The van der Waals surface area contributed by atoms with Crippen LogP contribution in [-0.4, -0.2) is 58.3 Å². The molecule has 0 saturated carbocycles. The van der Waals surface area contributed by atoms with Crippen LogP contribution in [0.2, 0.25) is 0 Å². The van der Waals surface area contributed by atoms with Crippen molar-refractivity contribution in [1.82, 2.24) is 10.6 Å². The Hall–Kier alpha value is -0.170. The van der Waals surface area contributed by atoms with Crippen molar-refractivity contribution in [3.05, 3.63) is 0 Å². The maximum atomic E-state index is 11.2. The summed E-state index contributed by atoms with van der Waals surface area (Å²) in [6.07, 6.45) is 0.746. The Morgan fingerprint density at radius 2 is 2.33 bits per heavy atom. The Bertz CT molecular complexity index is 298. The summed E-state index contributed by atoms with van der Waals surface area (Å²) in [5.41, 5.74) is 0. The van der Waals surface area contributed by atoms with Crippen molar-refractivity contribution < 1.29 is 13.2 Å². The van der Waals surface area contributed by atoms with Crippen LogP contribution in [0.5, 0.6) is 0 Å². The van der Waals surface area contributed by atoms with Crippen LogP contribution in [-0.2, 0) is 14.6 Å². The van der Waals surface area contributed by atoms with Gasteiger partial charge in [0.2, 0.25) is 0 Å². The van der Waals surface area contributed by atoms with E-state index in [1.54, 1.807) is 0 Å². The lowest BCUT2D eigenvalue weighted by Gasteiger charge is -2.25.